The molecule has 1 aliphatic heterocycles. The van der Waals surface area contributed by atoms with Gasteiger partial charge in [0.1, 0.15) is 6.10 Å². The molecule has 0 aromatic carbocycles. The highest BCUT2D eigenvalue weighted by molar-refractivity contribution is 6.05. The third kappa shape index (κ3) is 1.49. The molecule has 2 fully saturated rings. The molecule has 1 N–H and O–H groups in total. The molecule has 4 atom stereocenters. The highest BCUT2D eigenvalue weighted by Gasteiger charge is 2.59. The van der Waals surface area contributed by atoms with Gasteiger partial charge in [0.2, 0.25) is 0 Å². The molecule has 0 unspecified atom stereocenters. The molecule has 102 valence electrons. The lowest BCUT2D eigenvalue weighted by Crippen LogP contribution is -2.45. The normalized spacial score (nSPS) is 45.1. The fourth-order valence-corrected chi connectivity index (χ4v) is 3.70. The fourth-order valence-electron chi connectivity index (χ4n) is 3.70. The predicted octanol–water partition coefficient (Wildman–Crippen LogP) is 1.53. The number of carbonyl (C=O) groups is 2. The van der Waals surface area contributed by atoms with Gasteiger partial charge in [-0.3, -0.25) is 4.79 Å². The average Bonchev–Trinajstić information content (AvgIpc) is 2.55. The molecule has 3 aliphatic rings. The molecule has 0 bridgehead atoms. The zero-order valence-corrected chi connectivity index (χ0v) is 11.4. The van der Waals surface area contributed by atoms with E-state index >= 15 is 0 Å². The maximum Gasteiger partial charge on any atom is 0.338 e. The summed E-state index contributed by atoms with van der Waals surface area (Å²) in [6.45, 7) is 5.35. The Morgan fingerprint density at radius 1 is 1.37 bits per heavy atom. The monoisotopic (exact) mass is 262 g/mol. The minimum Gasteiger partial charge on any atom is -0.455 e. The van der Waals surface area contributed by atoms with Gasteiger partial charge in [-0.2, -0.15) is 0 Å². The molecule has 4 nitrogen and oxygen atoms in total. The molecule has 1 saturated heterocycles. The molecule has 19 heavy (non-hydrogen) atoms. The Hall–Kier alpha value is -1.42. The number of rotatable bonds is 0. The van der Waals surface area contributed by atoms with Gasteiger partial charge in [-0.1, -0.05) is 13.0 Å². The van der Waals surface area contributed by atoms with Crippen molar-refractivity contribution in [2.75, 3.05) is 0 Å². The quantitative estimate of drug-likeness (QED) is 0.672. The predicted molar refractivity (Wildman–Crippen MR) is 68.2 cm³/mol. The zero-order chi connectivity index (χ0) is 14.0. The van der Waals surface area contributed by atoms with E-state index in [0.717, 1.165) is 18.4 Å². The highest BCUT2D eigenvalue weighted by Crippen LogP contribution is 2.53. The summed E-state index contributed by atoms with van der Waals surface area (Å²) in [6.07, 6.45) is 4.59. The van der Waals surface area contributed by atoms with Crippen LogP contribution in [0, 0.1) is 11.3 Å². The molecule has 3 rings (SSSR count). The van der Waals surface area contributed by atoms with Gasteiger partial charge in [0.15, 0.2) is 11.4 Å². The number of fused-ring (bicyclic) bond motifs is 3. The van der Waals surface area contributed by atoms with E-state index in [0.29, 0.717) is 5.57 Å². The Morgan fingerprint density at radius 3 is 2.74 bits per heavy atom. The fraction of sp³-hybridized carbons (Fsp3) is 0.600. The van der Waals surface area contributed by atoms with Crippen molar-refractivity contribution in [3.8, 4) is 0 Å². The average molecular weight is 262 g/mol. The van der Waals surface area contributed by atoms with Crippen molar-refractivity contribution < 1.29 is 19.4 Å². The molecule has 0 spiro atoms. The van der Waals surface area contributed by atoms with E-state index in [1.807, 2.05) is 6.08 Å². The van der Waals surface area contributed by atoms with Gasteiger partial charge < -0.3 is 9.84 Å². The van der Waals surface area contributed by atoms with Gasteiger partial charge in [0.25, 0.3) is 0 Å². The first-order chi connectivity index (χ1) is 8.77. The van der Waals surface area contributed by atoms with Crippen LogP contribution in [-0.2, 0) is 14.3 Å². The number of ether oxygens (including phenoxy) is 1. The van der Waals surface area contributed by atoms with Crippen molar-refractivity contribution in [2.24, 2.45) is 11.3 Å². The van der Waals surface area contributed by atoms with Crippen molar-refractivity contribution in [1.29, 1.82) is 0 Å². The Kier molecular flexibility index (Phi) is 2.37. The molecular weight excluding hydrogens is 244 g/mol. The van der Waals surface area contributed by atoms with Crippen LogP contribution in [0.15, 0.2) is 23.3 Å². The Balaban J connectivity index is 2.12. The van der Waals surface area contributed by atoms with Crippen LogP contribution in [-0.4, -0.2) is 28.6 Å². The molecule has 1 saturated carbocycles. The van der Waals surface area contributed by atoms with Crippen molar-refractivity contribution in [1.82, 2.24) is 0 Å². The number of hydrogen-bond donors (Lipinski definition) is 1. The lowest BCUT2D eigenvalue weighted by molar-refractivity contribution is -0.153. The van der Waals surface area contributed by atoms with Gasteiger partial charge >= 0.3 is 5.97 Å². The Morgan fingerprint density at radius 2 is 2.05 bits per heavy atom. The SMILES string of the molecule is CC1=C2[C@H]3OC(=O)[C@](C)(O)[C@@H]3CC[C@@]2(C)C=CC1=O. The maximum atomic E-state index is 11.9. The number of ketones is 1. The van der Waals surface area contributed by atoms with E-state index in [1.165, 1.54) is 6.92 Å². The van der Waals surface area contributed by atoms with Crippen molar-refractivity contribution in [3.63, 3.8) is 0 Å². The molecular formula is C15H18O4. The minimum atomic E-state index is -1.44. The van der Waals surface area contributed by atoms with Crippen molar-refractivity contribution >= 4 is 11.8 Å². The Labute approximate surface area is 112 Å². The van der Waals surface area contributed by atoms with Crippen LogP contribution in [0.4, 0.5) is 0 Å². The second kappa shape index (κ2) is 3.57. The number of aliphatic hydroxyl groups is 1. The lowest BCUT2D eigenvalue weighted by atomic mass is 9.61. The summed E-state index contributed by atoms with van der Waals surface area (Å²) >= 11 is 0. The number of carbonyl (C=O) groups excluding carboxylic acids is 2. The van der Waals surface area contributed by atoms with Crippen molar-refractivity contribution in [2.45, 2.75) is 45.3 Å². The van der Waals surface area contributed by atoms with Gasteiger partial charge in [0, 0.05) is 16.9 Å². The zero-order valence-electron chi connectivity index (χ0n) is 11.4. The summed E-state index contributed by atoms with van der Waals surface area (Å²) in [4.78, 5) is 23.7. The summed E-state index contributed by atoms with van der Waals surface area (Å²) in [7, 11) is 0. The number of hydrogen-bond acceptors (Lipinski definition) is 4. The smallest absolute Gasteiger partial charge is 0.338 e. The van der Waals surface area contributed by atoms with Crippen LogP contribution in [0.25, 0.3) is 0 Å². The first-order valence-corrected chi connectivity index (χ1v) is 6.65. The third-order valence-electron chi connectivity index (χ3n) is 4.99. The van der Waals surface area contributed by atoms with E-state index in [9.17, 15) is 14.7 Å². The van der Waals surface area contributed by atoms with Crippen LogP contribution >= 0.6 is 0 Å². The standard InChI is InChI=1S/C15H18O4/c1-8-10(16)5-7-14(2)6-4-9-12(11(8)14)19-13(17)15(9,3)18/h5,7,9,12,18H,4,6H2,1-3H3/t9-,12+,14+,15-/m1/s1. The Bertz CT molecular complexity index is 540. The van der Waals surface area contributed by atoms with E-state index < -0.39 is 17.7 Å². The maximum absolute atomic E-state index is 11.9. The van der Waals surface area contributed by atoms with Gasteiger partial charge in [-0.05, 0) is 38.3 Å². The summed E-state index contributed by atoms with van der Waals surface area (Å²) in [6, 6.07) is 0. The van der Waals surface area contributed by atoms with Crippen LogP contribution in [0.3, 0.4) is 0 Å². The molecule has 0 aromatic heterocycles. The van der Waals surface area contributed by atoms with Gasteiger partial charge in [-0.25, -0.2) is 4.79 Å². The summed E-state index contributed by atoms with van der Waals surface area (Å²) in [5.74, 6) is -0.859. The number of allylic oxidation sites excluding steroid dienone is 3. The molecule has 0 radical (unpaired) electrons. The summed E-state index contributed by atoms with van der Waals surface area (Å²) in [5, 5.41) is 10.3. The topological polar surface area (TPSA) is 63.6 Å². The minimum absolute atomic E-state index is 0.0317. The number of esters is 1. The first kappa shape index (κ1) is 12.6. The summed E-state index contributed by atoms with van der Waals surface area (Å²) < 4.78 is 5.40. The molecule has 0 aromatic rings. The lowest BCUT2D eigenvalue weighted by Gasteiger charge is -2.43. The van der Waals surface area contributed by atoms with Crippen LogP contribution < -0.4 is 0 Å². The second-order valence-electron chi connectivity index (χ2n) is 6.27. The summed E-state index contributed by atoms with van der Waals surface area (Å²) in [5.41, 5.74) is -0.142. The van der Waals surface area contributed by atoms with E-state index in [4.69, 9.17) is 4.74 Å². The van der Waals surface area contributed by atoms with Crippen LogP contribution in [0.5, 0.6) is 0 Å². The molecule has 4 heteroatoms. The molecule has 2 aliphatic carbocycles. The van der Waals surface area contributed by atoms with Crippen LogP contribution in [0.1, 0.15) is 33.6 Å². The van der Waals surface area contributed by atoms with E-state index in [-0.39, 0.29) is 17.1 Å². The van der Waals surface area contributed by atoms with Crippen LogP contribution in [0.2, 0.25) is 0 Å². The second-order valence-corrected chi connectivity index (χ2v) is 6.27. The van der Waals surface area contributed by atoms with Crippen molar-refractivity contribution in [3.05, 3.63) is 23.3 Å². The molecule has 0 amide bonds. The van der Waals surface area contributed by atoms with E-state index in [2.05, 4.69) is 6.92 Å². The van der Waals surface area contributed by atoms with Gasteiger partial charge in [-0.15, -0.1) is 0 Å². The van der Waals surface area contributed by atoms with Gasteiger partial charge in [0.05, 0.1) is 0 Å². The van der Waals surface area contributed by atoms with E-state index in [1.54, 1.807) is 13.0 Å². The highest BCUT2D eigenvalue weighted by atomic mass is 16.6. The molecule has 1 heterocycles. The largest absolute Gasteiger partial charge is 0.455 e. The third-order valence-corrected chi connectivity index (χ3v) is 4.99. The first-order valence-electron chi connectivity index (χ1n) is 6.65.